The fraction of sp³-hybridized carbons (Fsp3) is 0.562. The quantitative estimate of drug-likeness (QED) is 0.462. The van der Waals surface area contributed by atoms with E-state index in [9.17, 15) is 4.39 Å². The van der Waals surface area contributed by atoms with Crippen molar-refractivity contribution in [2.75, 3.05) is 26.7 Å². The maximum Gasteiger partial charge on any atom is 0.191 e. The van der Waals surface area contributed by atoms with Crippen molar-refractivity contribution < 1.29 is 9.13 Å². The Morgan fingerprint density at radius 3 is 2.73 bits per heavy atom. The van der Waals surface area contributed by atoms with Gasteiger partial charge in [-0.25, -0.2) is 4.39 Å². The van der Waals surface area contributed by atoms with Gasteiger partial charge < -0.3 is 15.4 Å². The SMILES string of the molecule is COc1cc(CCN=C(N)N2CCC(C)CC2)ccc1F.I. The van der Waals surface area contributed by atoms with Gasteiger partial charge in [-0.1, -0.05) is 13.0 Å². The van der Waals surface area contributed by atoms with Crippen molar-refractivity contribution in [2.45, 2.75) is 26.2 Å². The highest BCUT2D eigenvalue weighted by atomic mass is 127. The molecule has 2 N–H and O–H groups in total. The van der Waals surface area contributed by atoms with Crippen LogP contribution in [-0.2, 0) is 6.42 Å². The van der Waals surface area contributed by atoms with Crippen LogP contribution in [0.3, 0.4) is 0 Å². The van der Waals surface area contributed by atoms with Gasteiger partial charge >= 0.3 is 0 Å². The van der Waals surface area contributed by atoms with E-state index >= 15 is 0 Å². The maximum absolute atomic E-state index is 13.3. The van der Waals surface area contributed by atoms with Crippen molar-refractivity contribution >= 4 is 29.9 Å². The van der Waals surface area contributed by atoms with Crippen molar-refractivity contribution in [3.8, 4) is 5.75 Å². The number of piperidine rings is 1. The Morgan fingerprint density at radius 1 is 1.41 bits per heavy atom. The second-order valence-electron chi connectivity index (χ2n) is 5.63. The van der Waals surface area contributed by atoms with Gasteiger partial charge in [-0.3, -0.25) is 4.99 Å². The molecule has 0 aromatic heterocycles. The summed E-state index contributed by atoms with van der Waals surface area (Å²) in [5, 5.41) is 0. The molecule has 0 spiro atoms. The second-order valence-corrected chi connectivity index (χ2v) is 5.63. The number of nitrogens with zero attached hydrogens (tertiary/aromatic N) is 2. The summed E-state index contributed by atoms with van der Waals surface area (Å²) in [6.07, 6.45) is 3.07. The van der Waals surface area contributed by atoms with Gasteiger partial charge in [0.25, 0.3) is 0 Å². The molecule has 1 saturated heterocycles. The topological polar surface area (TPSA) is 50.9 Å². The zero-order valence-corrected chi connectivity index (χ0v) is 15.5. The zero-order chi connectivity index (χ0) is 15.2. The minimum atomic E-state index is -0.341. The number of guanidine groups is 1. The monoisotopic (exact) mass is 421 g/mol. The fourth-order valence-corrected chi connectivity index (χ4v) is 2.50. The summed E-state index contributed by atoms with van der Waals surface area (Å²) in [6.45, 7) is 4.85. The molecule has 22 heavy (non-hydrogen) atoms. The molecule has 1 aliphatic rings. The smallest absolute Gasteiger partial charge is 0.191 e. The molecule has 1 aliphatic heterocycles. The molecule has 2 rings (SSSR count). The van der Waals surface area contributed by atoms with E-state index in [-0.39, 0.29) is 35.5 Å². The zero-order valence-electron chi connectivity index (χ0n) is 13.2. The third-order valence-electron chi connectivity index (χ3n) is 4.00. The van der Waals surface area contributed by atoms with E-state index in [4.69, 9.17) is 10.5 Å². The number of hydrogen-bond acceptors (Lipinski definition) is 2. The van der Waals surface area contributed by atoms with Crippen LogP contribution in [0.5, 0.6) is 5.75 Å². The molecule has 0 atom stereocenters. The lowest BCUT2D eigenvalue weighted by molar-refractivity contribution is 0.277. The van der Waals surface area contributed by atoms with Crippen LogP contribution in [-0.4, -0.2) is 37.6 Å². The van der Waals surface area contributed by atoms with E-state index in [1.165, 1.54) is 26.0 Å². The van der Waals surface area contributed by atoms with Crippen LogP contribution >= 0.6 is 24.0 Å². The molecule has 0 saturated carbocycles. The predicted molar refractivity (Wildman–Crippen MR) is 98.5 cm³/mol. The number of benzene rings is 1. The van der Waals surface area contributed by atoms with Crippen molar-refractivity contribution in [1.29, 1.82) is 0 Å². The molecule has 0 aliphatic carbocycles. The average Bonchev–Trinajstić information content (AvgIpc) is 2.49. The number of rotatable bonds is 4. The third-order valence-corrected chi connectivity index (χ3v) is 4.00. The highest BCUT2D eigenvalue weighted by Gasteiger charge is 2.16. The summed E-state index contributed by atoms with van der Waals surface area (Å²) >= 11 is 0. The van der Waals surface area contributed by atoms with Gasteiger partial charge in [-0.2, -0.15) is 0 Å². The number of halogens is 2. The fourth-order valence-electron chi connectivity index (χ4n) is 2.50. The molecule has 0 radical (unpaired) electrons. The number of aliphatic imine (C=N–C) groups is 1. The van der Waals surface area contributed by atoms with Crippen LogP contribution < -0.4 is 10.5 Å². The maximum atomic E-state index is 13.3. The van der Waals surface area contributed by atoms with Crippen LogP contribution in [0.4, 0.5) is 4.39 Å². The van der Waals surface area contributed by atoms with Gasteiger partial charge in [0.15, 0.2) is 17.5 Å². The molecule has 6 heteroatoms. The number of ether oxygens (including phenoxy) is 1. The van der Waals surface area contributed by atoms with Crippen LogP contribution in [0.25, 0.3) is 0 Å². The van der Waals surface area contributed by atoms with E-state index < -0.39 is 0 Å². The van der Waals surface area contributed by atoms with E-state index in [1.54, 1.807) is 12.1 Å². The number of methoxy groups -OCH3 is 1. The lowest BCUT2D eigenvalue weighted by atomic mass is 10.00. The first-order valence-corrected chi connectivity index (χ1v) is 7.47. The minimum Gasteiger partial charge on any atom is -0.494 e. The van der Waals surface area contributed by atoms with Crippen molar-refractivity contribution in [1.82, 2.24) is 4.90 Å². The lowest BCUT2D eigenvalue weighted by Crippen LogP contribution is -2.42. The first-order chi connectivity index (χ1) is 10.1. The molecular weight excluding hydrogens is 396 g/mol. The molecular formula is C16H25FIN3O. The van der Waals surface area contributed by atoms with Crippen LogP contribution in [0.1, 0.15) is 25.3 Å². The number of hydrogen-bond donors (Lipinski definition) is 1. The highest BCUT2D eigenvalue weighted by molar-refractivity contribution is 14.0. The Morgan fingerprint density at radius 2 is 2.09 bits per heavy atom. The summed E-state index contributed by atoms with van der Waals surface area (Å²) in [6, 6.07) is 4.89. The number of nitrogens with two attached hydrogens (primary N) is 1. The van der Waals surface area contributed by atoms with Gasteiger partial charge in [0.2, 0.25) is 0 Å². The second kappa shape index (κ2) is 9.17. The van der Waals surface area contributed by atoms with E-state index in [2.05, 4.69) is 16.8 Å². The van der Waals surface area contributed by atoms with Crippen molar-refractivity contribution in [3.63, 3.8) is 0 Å². The van der Waals surface area contributed by atoms with Gasteiger partial charge in [-0.15, -0.1) is 24.0 Å². The summed E-state index contributed by atoms with van der Waals surface area (Å²) < 4.78 is 18.3. The Balaban J connectivity index is 0.00000242. The first kappa shape index (κ1) is 19.0. The van der Waals surface area contributed by atoms with Gasteiger partial charge in [0.05, 0.1) is 7.11 Å². The Labute approximate surface area is 148 Å². The molecule has 1 fully saturated rings. The molecule has 0 bridgehead atoms. The average molecular weight is 421 g/mol. The summed E-state index contributed by atoms with van der Waals surface area (Å²) in [5.74, 6) is 1.33. The standard InChI is InChI=1S/C16H24FN3O.HI/c1-12-6-9-20(10-7-12)16(18)19-8-5-13-3-4-14(17)15(11-13)21-2;/h3-4,11-12H,5-10H2,1-2H3,(H2,18,19);1H. The largest absolute Gasteiger partial charge is 0.494 e. The molecule has 0 amide bonds. The van der Waals surface area contributed by atoms with Crippen LogP contribution in [0.2, 0.25) is 0 Å². The molecule has 1 heterocycles. The van der Waals surface area contributed by atoms with Crippen LogP contribution in [0.15, 0.2) is 23.2 Å². The van der Waals surface area contributed by atoms with Gasteiger partial charge in [-0.05, 0) is 42.9 Å². The Hall–Kier alpha value is -1.05. The van der Waals surface area contributed by atoms with E-state index in [0.29, 0.717) is 12.5 Å². The molecule has 0 unspecified atom stereocenters. The Bertz CT molecular complexity index is 502. The third kappa shape index (κ3) is 5.30. The minimum absolute atomic E-state index is 0. The number of likely N-dealkylation sites (tertiary alicyclic amines) is 1. The van der Waals surface area contributed by atoms with Gasteiger partial charge in [0.1, 0.15) is 0 Å². The first-order valence-electron chi connectivity index (χ1n) is 7.47. The van der Waals surface area contributed by atoms with E-state index in [1.807, 2.05) is 0 Å². The Kier molecular flexibility index (Phi) is 7.92. The normalized spacial score (nSPS) is 16.3. The van der Waals surface area contributed by atoms with Crippen LogP contribution in [0, 0.1) is 11.7 Å². The predicted octanol–water partition coefficient (Wildman–Crippen LogP) is 3.04. The summed E-state index contributed by atoms with van der Waals surface area (Å²) in [7, 11) is 1.47. The highest BCUT2D eigenvalue weighted by Crippen LogP contribution is 2.18. The molecule has 4 nitrogen and oxygen atoms in total. The van der Waals surface area contributed by atoms with E-state index in [0.717, 1.165) is 31.0 Å². The van der Waals surface area contributed by atoms with Crippen molar-refractivity contribution in [2.24, 2.45) is 16.6 Å². The van der Waals surface area contributed by atoms with Gasteiger partial charge in [0, 0.05) is 19.6 Å². The molecule has 1 aromatic carbocycles. The summed E-state index contributed by atoms with van der Waals surface area (Å²) in [4.78, 5) is 6.58. The summed E-state index contributed by atoms with van der Waals surface area (Å²) in [5.41, 5.74) is 7.03. The van der Waals surface area contributed by atoms with Crippen molar-refractivity contribution in [3.05, 3.63) is 29.6 Å². The molecule has 1 aromatic rings. The lowest BCUT2D eigenvalue weighted by Gasteiger charge is -2.31. The molecule has 124 valence electrons.